The molecule has 1 saturated carbocycles. The molecule has 0 aromatic heterocycles. The third kappa shape index (κ3) is 5.33. The summed E-state index contributed by atoms with van der Waals surface area (Å²) in [4.78, 5) is 24.6. The highest BCUT2D eigenvalue weighted by Crippen LogP contribution is 2.25. The van der Waals surface area contributed by atoms with Crippen molar-refractivity contribution < 1.29 is 14.3 Å². The largest absolute Gasteiger partial charge is 0.490 e. The first-order chi connectivity index (χ1) is 13.0. The van der Waals surface area contributed by atoms with Gasteiger partial charge in [0.15, 0.2) is 0 Å². The minimum absolute atomic E-state index is 0.262. The predicted octanol–water partition coefficient (Wildman–Crippen LogP) is 4.07. The Labute approximate surface area is 160 Å². The molecule has 1 aliphatic carbocycles. The molecule has 142 valence electrons. The Hall–Kier alpha value is -2.82. The zero-order valence-electron chi connectivity index (χ0n) is 15.8. The predicted molar refractivity (Wildman–Crippen MR) is 106 cm³/mol. The molecule has 1 unspecified atom stereocenters. The lowest BCUT2D eigenvalue weighted by Crippen LogP contribution is -2.41. The van der Waals surface area contributed by atoms with Gasteiger partial charge in [-0.25, -0.2) is 0 Å². The molecule has 2 aromatic carbocycles. The van der Waals surface area contributed by atoms with Crippen LogP contribution in [0.4, 0.5) is 5.69 Å². The van der Waals surface area contributed by atoms with E-state index in [-0.39, 0.29) is 11.8 Å². The Kier molecular flexibility index (Phi) is 6.12. The zero-order chi connectivity index (χ0) is 19.2. The molecule has 5 heteroatoms. The monoisotopic (exact) mass is 366 g/mol. The Morgan fingerprint density at radius 3 is 2.44 bits per heavy atom. The van der Waals surface area contributed by atoms with Crippen molar-refractivity contribution in [3.05, 3.63) is 59.7 Å². The normalized spacial score (nSPS) is 15.2. The fourth-order valence-electron chi connectivity index (χ4n) is 3.20. The molecule has 2 aromatic rings. The Bertz CT molecular complexity index is 795. The van der Waals surface area contributed by atoms with E-state index in [9.17, 15) is 9.59 Å². The lowest BCUT2D eigenvalue weighted by molar-refractivity contribution is -0.117. The van der Waals surface area contributed by atoms with E-state index in [1.807, 2.05) is 43.3 Å². The van der Waals surface area contributed by atoms with Gasteiger partial charge in [0.1, 0.15) is 11.8 Å². The molecule has 0 heterocycles. The SMILES string of the molecule is Cc1cccc(C(=O)NC(C)C(=O)Nc2ccc(OC3CCCC3)cc2)c1. The molecule has 1 atom stereocenters. The average molecular weight is 366 g/mol. The summed E-state index contributed by atoms with van der Waals surface area (Å²) in [6.07, 6.45) is 4.98. The van der Waals surface area contributed by atoms with Gasteiger partial charge in [-0.3, -0.25) is 9.59 Å². The van der Waals surface area contributed by atoms with Crippen LogP contribution in [0.2, 0.25) is 0 Å². The van der Waals surface area contributed by atoms with Crippen LogP contribution < -0.4 is 15.4 Å². The first-order valence-corrected chi connectivity index (χ1v) is 9.46. The van der Waals surface area contributed by atoms with Gasteiger partial charge in [-0.1, -0.05) is 17.7 Å². The lowest BCUT2D eigenvalue weighted by atomic mass is 10.1. The molecule has 2 amide bonds. The van der Waals surface area contributed by atoms with Gasteiger partial charge in [0.2, 0.25) is 5.91 Å². The van der Waals surface area contributed by atoms with E-state index in [2.05, 4.69) is 10.6 Å². The van der Waals surface area contributed by atoms with Crippen LogP contribution in [0.5, 0.6) is 5.75 Å². The molecule has 0 bridgehead atoms. The van der Waals surface area contributed by atoms with E-state index >= 15 is 0 Å². The highest BCUT2D eigenvalue weighted by molar-refractivity contribution is 6.01. The van der Waals surface area contributed by atoms with Crippen LogP contribution in [0.1, 0.15) is 48.5 Å². The maximum atomic E-state index is 12.4. The van der Waals surface area contributed by atoms with Gasteiger partial charge in [0.25, 0.3) is 5.91 Å². The fraction of sp³-hybridized carbons (Fsp3) is 0.364. The van der Waals surface area contributed by atoms with Gasteiger partial charge in [0, 0.05) is 11.3 Å². The summed E-state index contributed by atoms with van der Waals surface area (Å²) >= 11 is 0. The number of hydrogen-bond donors (Lipinski definition) is 2. The van der Waals surface area contributed by atoms with Crippen LogP contribution in [0.15, 0.2) is 48.5 Å². The highest BCUT2D eigenvalue weighted by Gasteiger charge is 2.18. The minimum atomic E-state index is -0.646. The van der Waals surface area contributed by atoms with E-state index in [0.717, 1.165) is 24.2 Å². The second-order valence-corrected chi connectivity index (χ2v) is 7.10. The van der Waals surface area contributed by atoms with Crippen LogP contribution in [-0.2, 0) is 4.79 Å². The smallest absolute Gasteiger partial charge is 0.251 e. The number of hydrogen-bond acceptors (Lipinski definition) is 3. The summed E-state index contributed by atoms with van der Waals surface area (Å²) in [5.74, 6) is 0.294. The van der Waals surface area contributed by atoms with Crippen molar-refractivity contribution in [2.75, 3.05) is 5.32 Å². The van der Waals surface area contributed by atoms with Crippen LogP contribution in [0.25, 0.3) is 0 Å². The van der Waals surface area contributed by atoms with Gasteiger partial charge in [-0.15, -0.1) is 0 Å². The molecule has 0 radical (unpaired) electrons. The number of ether oxygens (including phenoxy) is 1. The maximum Gasteiger partial charge on any atom is 0.251 e. The second kappa shape index (κ2) is 8.71. The molecule has 27 heavy (non-hydrogen) atoms. The fourth-order valence-corrected chi connectivity index (χ4v) is 3.20. The lowest BCUT2D eigenvalue weighted by Gasteiger charge is -2.16. The molecular weight excluding hydrogens is 340 g/mol. The number of carbonyl (C=O) groups excluding carboxylic acids is 2. The standard InChI is InChI=1S/C22H26N2O3/c1-15-6-5-7-17(14-15)22(26)23-16(2)21(25)24-18-10-12-20(13-11-18)27-19-8-3-4-9-19/h5-7,10-14,16,19H,3-4,8-9H2,1-2H3,(H,23,26)(H,24,25). The third-order valence-electron chi connectivity index (χ3n) is 4.75. The molecule has 1 aliphatic rings. The van der Waals surface area contributed by atoms with Crippen molar-refractivity contribution in [2.45, 2.75) is 51.7 Å². The van der Waals surface area contributed by atoms with E-state index < -0.39 is 6.04 Å². The second-order valence-electron chi connectivity index (χ2n) is 7.10. The molecular formula is C22H26N2O3. The number of amides is 2. The highest BCUT2D eigenvalue weighted by atomic mass is 16.5. The zero-order valence-corrected chi connectivity index (χ0v) is 15.8. The van der Waals surface area contributed by atoms with E-state index in [1.165, 1.54) is 12.8 Å². The summed E-state index contributed by atoms with van der Waals surface area (Å²) in [6.45, 7) is 3.59. The summed E-state index contributed by atoms with van der Waals surface area (Å²) in [5, 5.41) is 5.55. The van der Waals surface area contributed by atoms with Crippen LogP contribution in [-0.4, -0.2) is 24.0 Å². The van der Waals surface area contributed by atoms with Crippen molar-refractivity contribution in [1.82, 2.24) is 5.32 Å². The maximum absolute atomic E-state index is 12.4. The molecule has 1 fully saturated rings. The molecule has 0 saturated heterocycles. The molecule has 5 nitrogen and oxygen atoms in total. The summed E-state index contributed by atoms with van der Waals surface area (Å²) < 4.78 is 5.92. The summed E-state index contributed by atoms with van der Waals surface area (Å²) in [5.41, 5.74) is 2.22. The van der Waals surface area contributed by atoms with E-state index in [4.69, 9.17) is 4.74 Å². The van der Waals surface area contributed by atoms with Gasteiger partial charge in [-0.05, 0) is 75.9 Å². The van der Waals surface area contributed by atoms with Gasteiger partial charge >= 0.3 is 0 Å². The topological polar surface area (TPSA) is 67.4 Å². The third-order valence-corrected chi connectivity index (χ3v) is 4.75. The Balaban J connectivity index is 1.52. The van der Waals surface area contributed by atoms with E-state index in [0.29, 0.717) is 17.4 Å². The van der Waals surface area contributed by atoms with Crippen molar-refractivity contribution in [2.24, 2.45) is 0 Å². The molecule has 0 spiro atoms. The van der Waals surface area contributed by atoms with Gasteiger partial charge < -0.3 is 15.4 Å². The first-order valence-electron chi connectivity index (χ1n) is 9.46. The van der Waals surface area contributed by atoms with Crippen molar-refractivity contribution in [3.63, 3.8) is 0 Å². The van der Waals surface area contributed by atoms with Crippen LogP contribution >= 0.6 is 0 Å². The van der Waals surface area contributed by atoms with E-state index in [1.54, 1.807) is 19.1 Å². The summed E-state index contributed by atoms with van der Waals surface area (Å²) in [6, 6.07) is 14.0. The minimum Gasteiger partial charge on any atom is -0.490 e. The Morgan fingerprint density at radius 2 is 1.78 bits per heavy atom. The van der Waals surface area contributed by atoms with Crippen molar-refractivity contribution >= 4 is 17.5 Å². The number of benzene rings is 2. The van der Waals surface area contributed by atoms with Gasteiger partial charge in [0.05, 0.1) is 6.10 Å². The number of anilines is 1. The first kappa shape index (κ1) is 19.0. The van der Waals surface area contributed by atoms with Crippen LogP contribution in [0.3, 0.4) is 0 Å². The van der Waals surface area contributed by atoms with Crippen LogP contribution in [0, 0.1) is 6.92 Å². The molecule has 3 rings (SSSR count). The molecule has 0 aliphatic heterocycles. The average Bonchev–Trinajstić information content (AvgIpc) is 3.16. The quantitative estimate of drug-likeness (QED) is 0.810. The van der Waals surface area contributed by atoms with Crippen molar-refractivity contribution in [1.29, 1.82) is 0 Å². The number of rotatable bonds is 6. The Morgan fingerprint density at radius 1 is 1.07 bits per heavy atom. The number of aryl methyl sites for hydroxylation is 1. The van der Waals surface area contributed by atoms with Gasteiger partial charge in [-0.2, -0.15) is 0 Å². The summed E-state index contributed by atoms with van der Waals surface area (Å²) in [7, 11) is 0. The number of carbonyl (C=O) groups is 2. The van der Waals surface area contributed by atoms with Crippen molar-refractivity contribution in [3.8, 4) is 5.75 Å². The molecule has 2 N–H and O–H groups in total. The number of nitrogens with one attached hydrogen (secondary N) is 2.